The van der Waals surface area contributed by atoms with Crippen LogP contribution in [0.5, 0.6) is 0 Å². The molecule has 1 rings (SSSR count). The molecule has 0 spiro atoms. The second-order valence-corrected chi connectivity index (χ2v) is 8.96. The Kier molecular flexibility index (Phi) is 17.2. The fourth-order valence-corrected chi connectivity index (χ4v) is 3.88. The van der Waals surface area contributed by atoms with E-state index in [1.807, 2.05) is 0 Å². The van der Waals surface area contributed by atoms with E-state index >= 15 is 0 Å². The molecule has 0 atom stereocenters. The summed E-state index contributed by atoms with van der Waals surface area (Å²) in [6.07, 6.45) is 21.0. The zero-order chi connectivity index (χ0) is 22.7. The van der Waals surface area contributed by atoms with Crippen molar-refractivity contribution in [3.63, 3.8) is 0 Å². The SMILES string of the molecule is CCCCCCCCCCCCCCCCc1ccccc1C(C)(C)N.O=[N+]([O-])O. The first kappa shape index (κ1) is 28.4. The van der Waals surface area contributed by atoms with Gasteiger partial charge in [0.2, 0.25) is 0 Å². The lowest BCUT2D eigenvalue weighted by molar-refractivity contribution is -0.742. The molecule has 0 saturated heterocycles. The predicted octanol–water partition coefficient (Wildman–Crippen LogP) is 7.56. The van der Waals surface area contributed by atoms with E-state index in [2.05, 4.69) is 45.0 Å². The molecule has 0 bridgehead atoms. The predicted molar refractivity (Wildman–Crippen MR) is 126 cm³/mol. The Balaban J connectivity index is 0.00000192. The van der Waals surface area contributed by atoms with Crippen molar-refractivity contribution in [1.29, 1.82) is 0 Å². The summed E-state index contributed by atoms with van der Waals surface area (Å²) in [5.74, 6) is 0. The molecule has 0 radical (unpaired) electrons. The second-order valence-electron chi connectivity index (χ2n) is 8.96. The summed E-state index contributed by atoms with van der Waals surface area (Å²) in [5, 5.41) is 13.6. The molecule has 3 N–H and O–H groups in total. The highest BCUT2D eigenvalue weighted by atomic mass is 16.9. The highest BCUT2D eigenvalue weighted by Crippen LogP contribution is 2.23. The van der Waals surface area contributed by atoms with Crippen molar-refractivity contribution < 1.29 is 10.3 Å². The van der Waals surface area contributed by atoms with Crippen molar-refractivity contribution in [1.82, 2.24) is 0 Å². The normalized spacial score (nSPS) is 11.1. The summed E-state index contributed by atoms with van der Waals surface area (Å²) in [6.45, 7) is 6.51. The molecule has 0 unspecified atom stereocenters. The molecule has 0 amide bonds. The van der Waals surface area contributed by atoms with E-state index in [1.165, 1.54) is 107 Å². The van der Waals surface area contributed by atoms with Gasteiger partial charge in [-0.15, -0.1) is 10.1 Å². The maximum absolute atomic E-state index is 8.36. The molecule has 0 saturated carbocycles. The maximum Gasteiger partial charge on any atom is 0.291 e. The average Bonchev–Trinajstić information content (AvgIpc) is 2.67. The van der Waals surface area contributed by atoms with Gasteiger partial charge in [0.15, 0.2) is 0 Å². The number of aryl methyl sites for hydroxylation is 1. The van der Waals surface area contributed by atoms with Crippen molar-refractivity contribution in [3.8, 4) is 0 Å². The first-order chi connectivity index (χ1) is 14.3. The summed E-state index contributed by atoms with van der Waals surface area (Å²) < 4.78 is 0. The smallest absolute Gasteiger partial charge is 0.291 e. The number of unbranched alkanes of at least 4 members (excludes halogenated alkanes) is 13. The molecule has 5 heteroatoms. The lowest BCUT2D eigenvalue weighted by Crippen LogP contribution is -2.30. The van der Waals surface area contributed by atoms with Gasteiger partial charge in [-0.1, -0.05) is 115 Å². The number of nitrogens with two attached hydrogens (primary N) is 1. The molecule has 1 aromatic rings. The molecule has 0 aliphatic heterocycles. The molecule has 5 nitrogen and oxygen atoms in total. The van der Waals surface area contributed by atoms with Gasteiger partial charge in [0.1, 0.15) is 0 Å². The standard InChI is InChI=1S/C25H45N.HNO3/c1-4-5-6-7-8-9-10-11-12-13-14-15-16-17-20-23-21-18-19-22-24(23)25(2,3)26;2-1(3)4/h18-19,21-22H,4-17,20,26H2,1-3H3;(H,2,3,4). The van der Waals surface area contributed by atoms with Gasteiger partial charge in [-0.3, -0.25) is 0 Å². The summed E-state index contributed by atoms with van der Waals surface area (Å²) >= 11 is 0. The van der Waals surface area contributed by atoms with Crippen LogP contribution in [0.25, 0.3) is 0 Å². The van der Waals surface area contributed by atoms with Crippen LogP contribution in [0.3, 0.4) is 0 Å². The lowest BCUT2D eigenvalue weighted by atomic mass is 9.89. The Labute approximate surface area is 184 Å². The number of hydrogen-bond donors (Lipinski definition) is 2. The fraction of sp³-hybridized carbons (Fsp3) is 0.760. The van der Waals surface area contributed by atoms with Gasteiger partial charge in [0.05, 0.1) is 0 Å². The quantitative estimate of drug-likeness (QED) is 0.163. The third-order valence-corrected chi connectivity index (χ3v) is 5.51. The van der Waals surface area contributed by atoms with Crippen molar-refractivity contribution in [2.24, 2.45) is 5.73 Å². The van der Waals surface area contributed by atoms with Crippen LogP contribution in [-0.4, -0.2) is 10.3 Å². The Hall–Kier alpha value is -1.62. The van der Waals surface area contributed by atoms with Crippen LogP contribution in [0.2, 0.25) is 0 Å². The Morgan fingerprint density at radius 1 is 0.833 bits per heavy atom. The maximum atomic E-state index is 8.36. The molecule has 1 aromatic carbocycles. The number of rotatable bonds is 16. The Bertz CT molecular complexity index is 537. The van der Waals surface area contributed by atoms with Gasteiger partial charge in [0, 0.05) is 5.54 Å². The molecule has 0 fully saturated rings. The zero-order valence-corrected chi connectivity index (χ0v) is 19.7. The van der Waals surface area contributed by atoms with Gasteiger partial charge in [-0.25, -0.2) is 0 Å². The van der Waals surface area contributed by atoms with Gasteiger partial charge in [0.25, 0.3) is 5.09 Å². The molecule has 174 valence electrons. The third kappa shape index (κ3) is 17.3. The summed E-state index contributed by atoms with van der Waals surface area (Å²) in [7, 11) is 0. The lowest BCUT2D eigenvalue weighted by Gasteiger charge is -2.23. The van der Waals surface area contributed by atoms with Crippen molar-refractivity contribution >= 4 is 0 Å². The highest BCUT2D eigenvalue weighted by Gasteiger charge is 2.17. The first-order valence-electron chi connectivity index (χ1n) is 12.0. The number of nitrogens with zero attached hydrogens (tertiary/aromatic N) is 1. The molecule has 0 aromatic heterocycles. The topological polar surface area (TPSA) is 89.4 Å². The largest absolute Gasteiger partial charge is 0.328 e. The van der Waals surface area contributed by atoms with Crippen LogP contribution in [0.4, 0.5) is 0 Å². The molecular weight excluding hydrogens is 376 g/mol. The fourth-order valence-electron chi connectivity index (χ4n) is 3.88. The number of hydrogen-bond acceptors (Lipinski definition) is 3. The van der Waals surface area contributed by atoms with Crippen LogP contribution in [0.15, 0.2) is 24.3 Å². The number of benzene rings is 1. The van der Waals surface area contributed by atoms with Crippen molar-refractivity contribution in [3.05, 3.63) is 45.5 Å². The van der Waals surface area contributed by atoms with Gasteiger partial charge in [-0.05, 0) is 37.8 Å². The van der Waals surface area contributed by atoms with Crippen molar-refractivity contribution in [2.75, 3.05) is 0 Å². The summed E-state index contributed by atoms with van der Waals surface area (Å²) in [4.78, 5) is 8.36. The van der Waals surface area contributed by atoms with E-state index in [0.29, 0.717) is 0 Å². The minimum Gasteiger partial charge on any atom is -0.328 e. The minimum absolute atomic E-state index is 0.230. The van der Waals surface area contributed by atoms with E-state index < -0.39 is 5.09 Å². The first-order valence-corrected chi connectivity index (χ1v) is 12.0. The van der Waals surface area contributed by atoms with Crippen molar-refractivity contribution in [2.45, 2.75) is 123 Å². The minimum atomic E-state index is -1.50. The molecule has 0 heterocycles. The third-order valence-electron chi connectivity index (χ3n) is 5.51. The molecule has 0 aliphatic rings. The summed E-state index contributed by atoms with van der Waals surface area (Å²) in [5.41, 5.74) is 8.84. The van der Waals surface area contributed by atoms with Crippen LogP contribution >= 0.6 is 0 Å². The summed E-state index contributed by atoms with van der Waals surface area (Å²) in [6, 6.07) is 8.71. The zero-order valence-electron chi connectivity index (χ0n) is 19.7. The molecule has 0 aliphatic carbocycles. The van der Waals surface area contributed by atoms with Crippen LogP contribution in [0, 0.1) is 10.1 Å². The molecule has 30 heavy (non-hydrogen) atoms. The van der Waals surface area contributed by atoms with Crippen LogP contribution in [-0.2, 0) is 12.0 Å². The van der Waals surface area contributed by atoms with E-state index in [-0.39, 0.29) is 5.54 Å². The van der Waals surface area contributed by atoms with Crippen LogP contribution in [0.1, 0.15) is 122 Å². The van der Waals surface area contributed by atoms with E-state index in [4.69, 9.17) is 21.1 Å². The van der Waals surface area contributed by atoms with E-state index in [0.717, 1.165) is 0 Å². The highest BCUT2D eigenvalue weighted by molar-refractivity contribution is 5.32. The monoisotopic (exact) mass is 422 g/mol. The second kappa shape index (κ2) is 18.2. The molecular formula is C25H46N2O3. The van der Waals surface area contributed by atoms with E-state index in [9.17, 15) is 0 Å². The van der Waals surface area contributed by atoms with Gasteiger partial charge in [-0.2, -0.15) is 0 Å². The Morgan fingerprint density at radius 3 is 1.60 bits per heavy atom. The Morgan fingerprint density at radius 2 is 1.20 bits per heavy atom. The van der Waals surface area contributed by atoms with Gasteiger partial charge < -0.3 is 10.9 Å². The van der Waals surface area contributed by atoms with E-state index in [1.54, 1.807) is 0 Å². The van der Waals surface area contributed by atoms with Crippen LogP contribution < -0.4 is 5.73 Å². The van der Waals surface area contributed by atoms with Gasteiger partial charge >= 0.3 is 0 Å². The average molecular weight is 423 g/mol.